The van der Waals surface area contributed by atoms with E-state index in [-0.39, 0.29) is 0 Å². The highest BCUT2D eigenvalue weighted by Gasteiger charge is 2.23. The number of hydrogen-bond donors (Lipinski definition) is 1. The van der Waals surface area contributed by atoms with E-state index < -0.39 is 17.6 Å². The van der Waals surface area contributed by atoms with E-state index in [4.69, 9.17) is 10.5 Å². The number of ether oxygens (including phenoxy) is 1. The van der Waals surface area contributed by atoms with Gasteiger partial charge in [-0.1, -0.05) is 18.2 Å². The summed E-state index contributed by atoms with van der Waals surface area (Å²) in [6.07, 6.45) is 2.78. The van der Waals surface area contributed by atoms with E-state index in [2.05, 4.69) is 0 Å². The van der Waals surface area contributed by atoms with E-state index in [0.29, 0.717) is 6.42 Å². The highest BCUT2D eigenvalue weighted by Crippen LogP contribution is 2.22. The van der Waals surface area contributed by atoms with Crippen molar-refractivity contribution >= 4 is 23.3 Å². The second kappa shape index (κ2) is 5.69. The fourth-order valence-corrected chi connectivity index (χ4v) is 2.22. The summed E-state index contributed by atoms with van der Waals surface area (Å²) in [5.41, 5.74) is 7.02. The maximum Gasteiger partial charge on any atom is 0.323 e. The first-order valence-electron chi connectivity index (χ1n) is 6.84. The quantitative estimate of drug-likeness (QED) is 0.688. The zero-order chi connectivity index (χ0) is 15.6. The molecule has 2 aromatic rings. The van der Waals surface area contributed by atoms with Gasteiger partial charge in [-0.05, 0) is 32.4 Å². The van der Waals surface area contributed by atoms with Gasteiger partial charge in [0, 0.05) is 18.0 Å². The van der Waals surface area contributed by atoms with Crippen LogP contribution in [0.4, 0.5) is 0 Å². The minimum absolute atomic E-state index is 0.330. The minimum Gasteiger partial charge on any atom is -0.459 e. The van der Waals surface area contributed by atoms with Crippen LogP contribution < -0.4 is 5.73 Å². The van der Waals surface area contributed by atoms with Crippen LogP contribution >= 0.6 is 0 Å². The number of aromatic nitrogens is 1. The van der Waals surface area contributed by atoms with E-state index >= 15 is 0 Å². The lowest BCUT2D eigenvalue weighted by Gasteiger charge is -2.22. The summed E-state index contributed by atoms with van der Waals surface area (Å²) in [6, 6.07) is 6.76. The molecule has 112 valence electrons. The van der Waals surface area contributed by atoms with Crippen molar-refractivity contribution in [3.8, 4) is 0 Å². The summed E-state index contributed by atoms with van der Waals surface area (Å²) in [4.78, 5) is 23.0. The number of carbonyl (C=O) groups is 2. The van der Waals surface area contributed by atoms with Crippen molar-refractivity contribution in [1.82, 2.24) is 4.57 Å². The fraction of sp³-hybridized carbons (Fsp3) is 0.375. The van der Waals surface area contributed by atoms with Crippen LogP contribution in [0.15, 0.2) is 30.5 Å². The van der Waals surface area contributed by atoms with Crippen molar-refractivity contribution in [1.29, 1.82) is 0 Å². The maximum absolute atomic E-state index is 12.0. The first-order chi connectivity index (χ1) is 9.81. The number of nitrogens with zero attached hydrogens (tertiary/aromatic N) is 1. The van der Waals surface area contributed by atoms with Gasteiger partial charge in [-0.15, -0.1) is 0 Å². The number of para-hydroxylation sites is 1. The number of fused-ring (bicyclic) bond motifs is 1. The highest BCUT2D eigenvalue weighted by atomic mass is 16.6. The molecular weight excluding hydrogens is 268 g/mol. The molecule has 2 rings (SSSR count). The summed E-state index contributed by atoms with van der Waals surface area (Å²) in [5.74, 6) is -0.439. The van der Waals surface area contributed by atoms with Crippen LogP contribution in [0.1, 0.15) is 26.3 Å². The second-order valence-corrected chi connectivity index (χ2v) is 6.03. The Morgan fingerprint density at radius 1 is 1.38 bits per heavy atom. The first-order valence-corrected chi connectivity index (χ1v) is 6.84. The number of benzene rings is 1. The molecule has 0 saturated heterocycles. The predicted octanol–water partition coefficient (Wildman–Crippen LogP) is 1.89. The van der Waals surface area contributed by atoms with Gasteiger partial charge in [0.15, 0.2) is 0 Å². The number of nitrogens with two attached hydrogens (primary N) is 1. The minimum atomic E-state index is -0.755. The summed E-state index contributed by atoms with van der Waals surface area (Å²) in [7, 11) is 0. The van der Waals surface area contributed by atoms with E-state index in [1.54, 1.807) is 27.0 Å². The molecule has 0 saturated carbocycles. The predicted molar refractivity (Wildman–Crippen MR) is 81.6 cm³/mol. The number of hydrogen-bond acceptors (Lipinski definition) is 4. The van der Waals surface area contributed by atoms with Crippen LogP contribution in [-0.2, 0) is 20.7 Å². The van der Waals surface area contributed by atoms with Gasteiger partial charge in [-0.3, -0.25) is 14.2 Å². The normalized spacial score (nSPS) is 13.1. The van der Waals surface area contributed by atoms with Gasteiger partial charge in [0.1, 0.15) is 11.6 Å². The van der Waals surface area contributed by atoms with Crippen molar-refractivity contribution in [2.75, 3.05) is 0 Å². The molecule has 1 atom stereocenters. The molecule has 0 unspecified atom stereocenters. The lowest BCUT2D eigenvalue weighted by atomic mass is 10.1. The Morgan fingerprint density at radius 2 is 2.05 bits per heavy atom. The van der Waals surface area contributed by atoms with Gasteiger partial charge in [-0.25, -0.2) is 0 Å². The van der Waals surface area contributed by atoms with Crippen molar-refractivity contribution in [3.05, 3.63) is 36.0 Å². The molecule has 0 aliphatic carbocycles. The van der Waals surface area contributed by atoms with Crippen molar-refractivity contribution < 1.29 is 14.3 Å². The summed E-state index contributed by atoms with van der Waals surface area (Å²) in [6.45, 7) is 5.40. The number of carbonyl (C=O) groups excluding carboxylic acids is 2. The molecule has 1 aromatic heterocycles. The van der Waals surface area contributed by atoms with Crippen LogP contribution in [-0.4, -0.2) is 28.6 Å². The molecule has 1 aromatic carbocycles. The Hall–Kier alpha value is -2.14. The fourth-order valence-electron chi connectivity index (χ4n) is 2.22. The second-order valence-electron chi connectivity index (χ2n) is 6.03. The zero-order valence-corrected chi connectivity index (χ0v) is 12.5. The molecule has 2 N–H and O–H groups in total. The summed E-state index contributed by atoms with van der Waals surface area (Å²) >= 11 is 0. The topological polar surface area (TPSA) is 74.3 Å². The third-order valence-corrected chi connectivity index (χ3v) is 3.09. The zero-order valence-electron chi connectivity index (χ0n) is 12.5. The van der Waals surface area contributed by atoms with E-state index in [0.717, 1.165) is 22.9 Å². The molecule has 1 heterocycles. The number of rotatable bonds is 4. The van der Waals surface area contributed by atoms with Gasteiger partial charge in [0.2, 0.25) is 6.41 Å². The van der Waals surface area contributed by atoms with Crippen LogP contribution in [0.5, 0.6) is 0 Å². The average molecular weight is 288 g/mol. The summed E-state index contributed by atoms with van der Waals surface area (Å²) in [5, 5.41) is 0.920. The Balaban J connectivity index is 2.24. The lowest BCUT2D eigenvalue weighted by Crippen LogP contribution is -2.38. The molecule has 0 aliphatic rings. The molecule has 0 aliphatic heterocycles. The molecule has 0 fully saturated rings. The summed E-state index contributed by atoms with van der Waals surface area (Å²) < 4.78 is 6.77. The Morgan fingerprint density at radius 3 is 2.67 bits per heavy atom. The van der Waals surface area contributed by atoms with Crippen molar-refractivity contribution in [2.24, 2.45) is 5.73 Å². The first kappa shape index (κ1) is 15.3. The molecule has 0 amide bonds. The molecule has 5 nitrogen and oxygen atoms in total. The monoisotopic (exact) mass is 288 g/mol. The lowest BCUT2D eigenvalue weighted by molar-refractivity contribution is -0.156. The largest absolute Gasteiger partial charge is 0.459 e. The van der Waals surface area contributed by atoms with Crippen LogP contribution in [0.3, 0.4) is 0 Å². The van der Waals surface area contributed by atoms with Gasteiger partial charge in [0.05, 0.1) is 5.52 Å². The van der Waals surface area contributed by atoms with E-state index in [1.807, 2.05) is 24.3 Å². The molecule has 5 heteroatoms. The highest BCUT2D eigenvalue weighted by molar-refractivity contribution is 5.89. The van der Waals surface area contributed by atoms with Gasteiger partial charge < -0.3 is 10.5 Å². The molecule has 0 bridgehead atoms. The Bertz CT molecular complexity index is 668. The van der Waals surface area contributed by atoms with Gasteiger partial charge in [-0.2, -0.15) is 0 Å². The molecule has 0 radical (unpaired) electrons. The van der Waals surface area contributed by atoms with Crippen LogP contribution in [0, 0.1) is 0 Å². The van der Waals surface area contributed by atoms with E-state index in [9.17, 15) is 9.59 Å². The van der Waals surface area contributed by atoms with E-state index in [1.165, 1.54) is 4.57 Å². The standard InChI is InChI=1S/C16H20N2O3/c1-16(2,3)21-15(20)13(17)8-11-9-18(10-19)14-7-5-4-6-12(11)14/h4-7,9-10,13H,8,17H2,1-3H3/t13-/m0/s1. The number of esters is 1. The third kappa shape index (κ3) is 3.49. The molecule has 0 spiro atoms. The Labute approximate surface area is 123 Å². The van der Waals surface area contributed by atoms with Crippen LogP contribution in [0.2, 0.25) is 0 Å². The Kier molecular flexibility index (Phi) is 4.14. The van der Waals surface area contributed by atoms with Gasteiger partial charge >= 0.3 is 5.97 Å². The smallest absolute Gasteiger partial charge is 0.323 e. The van der Waals surface area contributed by atoms with Crippen molar-refractivity contribution in [2.45, 2.75) is 38.8 Å². The molecule has 21 heavy (non-hydrogen) atoms. The SMILES string of the molecule is CC(C)(C)OC(=O)[C@@H](N)Cc1cn(C=O)c2ccccc12. The van der Waals surface area contributed by atoms with Gasteiger partial charge in [0.25, 0.3) is 0 Å². The third-order valence-electron chi connectivity index (χ3n) is 3.09. The van der Waals surface area contributed by atoms with Crippen molar-refractivity contribution in [3.63, 3.8) is 0 Å². The average Bonchev–Trinajstić information content (AvgIpc) is 2.75. The maximum atomic E-state index is 12.0. The molecular formula is C16H20N2O3. The van der Waals surface area contributed by atoms with Crippen LogP contribution in [0.25, 0.3) is 10.9 Å².